The monoisotopic (exact) mass is 241 g/mol. The van der Waals surface area contributed by atoms with Gasteiger partial charge in [-0.1, -0.05) is 6.42 Å². The molecule has 17 heavy (non-hydrogen) atoms. The molecule has 2 atom stereocenters. The van der Waals surface area contributed by atoms with Crippen LogP contribution in [0.4, 0.5) is 0 Å². The summed E-state index contributed by atoms with van der Waals surface area (Å²) in [6.45, 7) is 4.07. The molecule has 0 aliphatic heterocycles. The number of ether oxygens (including phenoxy) is 1. The van der Waals surface area contributed by atoms with E-state index in [0.29, 0.717) is 12.8 Å². The number of hydrogen-bond donors (Lipinski definition) is 0. The molecule has 0 bridgehead atoms. The Hall–Kier alpha value is -1.39. The molecule has 0 radical (unpaired) electrons. The van der Waals surface area contributed by atoms with Crippen LogP contribution in [0, 0.1) is 0 Å². The van der Waals surface area contributed by atoms with Crippen molar-refractivity contribution < 1.29 is 19.1 Å². The molecule has 2 amide bonds. The van der Waals surface area contributed by atoms with Crippen molar-refractivity contribution >= 4 is 17.8 Å². The maximum absolute atomic E-state index is 11.5. The number of rotatable bonds is 2. The van der Waals surface area contributed by atoms with Crippen molar-refractivity contribution in [3.8, 4) is 0 Å². The number of nitrogens with zero attached hydrogens (tertiary/aromatic N) is 1. The molecule has 0 heterocycles. The van der Waals surface area contributed by atoms with Gasteiger partial charge in [-0.2, -0.15) is 0 Å². The minimum Gasteiger partial charge on any atom is -0.460 e. The van der Waals surface area contributed by atoms with E-state index in [1.807, 2.05) is 0 Å². The molecule has 0 aromatic rings. The normalized spacial score (nSPS) is 23.9. The quantitative estimate of drug-likeness (QED) is 0.683. The fraction of sp³-hybridized carbons (Fsp3) is 0.750. The molecule has 0 N–H and O–H groups in total. The summed E-state index contributed by atoms with van der Waals surface area (Å²) in [6, 6.07) is -0.303. The molecular formula is C12H19NO4. The Morgan fingerprint density at radius 2 is 1.53 bits per heavy atom. The molecule has 5 heteroatoms. The van der Waals surface area contributed by atoms with Gasteiger partial charge < -0.3 is 4.74 Å². The first-order chi connectivity index (χ1) is 7.93. The highest BCUT2D eigenvalue weighted by molar-refractivity contribution is 5.93. The zero-order valence-electron chi connectivity index (χ0n) is 10.6. The summed E-state index contributed by atoms with van der Waals surface area (Å²) in [5.41, 5.74) is 0. The van der Waals surface area contributed by atoms with Gasteiger partial charge in [-0.3, -0.25) is 19.3 Å². The number of amides is 2. The Bertz CT molecular complexity index is 312. The molecule has 96 valence electrons. The van der Waals surface area contributed by atoms with Crippen LogP contribution in [0.25, 0.3) is 0 Å². The third-order valence-electron chi connectivity index (χ3n) is 3.00. The van der Waals surface area contributed by atoms with Crippen molar-refractivity contribution in [2.75, 3.05) is 0 Å². The van der Waals surface area contributed by atoms with Gasteiger partial charge in [0.2, 0.25) is 11.8 Å². The van der Waals surface area contributed by atoms with E-state index in [-0.39, 0.29) is 29.9 Å². The Labute approximate surface area is 101 Å². The molecule has 1 saturated carbocycles. The third kappa shape index (κ3) is 3.54. The fourth-order valence-corrected chi connectivity index (χ4v) is 2.41. The average molecular weight is 241 g/mol. The summed E-state index contributed by atoms with van der Waals surface area (Å²) in [6.07, 6.45) is 2.96. The molecule has 1 rings (SSSR count). The van der Waals surface area contributed by atoms with Crippen LogP contribution in [-0.2, 0) is 19.1 Å². The first kappa shape index (κ1) is 13.7. The second-order valence-electron chi connectivity index (χ2n) is 4.41. The minimum absolute atomic E-state index is 0.290. The zero-order valence-corrected chi connectivity index (χ0v) is 10.6. The smallest absolute Gasteiger partial charge is 0.302 e. The Morgan fingerprint density at radius 1 is 1.00 bits per heavy atom. The molecular weight excluding hydrogens is 222 g/mol. The second-order valence-corrected chi connectivity index (χ2v) is 4.41. The van der Waals surface area contributed by atoms with Crippen LogP contribution in [0.1, 0.15) is 46.5 Å². The van der Waals surface area contributed by atoms with Gasteiger partial charge >= 0.3 is 5.97 Å². The van der Waals surface area contributed by atoms with Crippen molar-refractivity contribution in [1.82, 2.24) is 4.90 Å². The molecule has 2 unspecified atom stereocenters. The maximum atomic E-state index is 11.5. The highest BCUT2D eigenvalue weighted by Gasteiger charge is 2.35. The maximum Gasteiger partial charge on any atom is 0.302 e. The molecule has 5 nitrogen and oxygen atoms in total. The minimum atomic E-state index is -0.367. The standard InChI is InChI=1S/C12H19NO4/c1-8(14)13(9(2)15)11-6-4-5-7-12(11)17-10(3)16/h11-12H,4-7H2,1-3H3. The van der Waals surface area contributed by atoms with Crippen molar-refractivity contribution in [2.24, 2.45) is 0 Å². The van der Waals surface area contributed by atoms with Crippen LogP contribution in [-0.4, -0.2) is 34.8 Å². The van der Waals surface area contributed by atoms with E-state index < -0.39 is 0 Å². The average Bonchev–Trinajstić information content (AvgIpc) is 2.18. The van der Waals surface area contributed by atoms with Gasteiger partial charge in [-0.15, -0.1) is 0 Å². The van der Waals surface area contributed by atoms with Crippen molar-refractivity contribution in [3.05, 3.63) is 0 Å². The van der Waals surface area contributed by atoms with Crippen molar-refractivity contribution in [1.29, 1.82) is 0 Å². The number of carbonyl (C=O) groups excluding carboxylic acids is 3. The van der Waals surface area contributed by atoms with E-state index in [4.69, 9.17) is 4.74 Å². The van der Waals surface area contributed by atoms with E-state index >= 15 is 0 Å². The number of imide groups is 1. The topological polar surface area (TPSA) is 63.7 Å². The predicted octanol–water partition coefficient (Wildman–Crippen LogP) is 1.26. The lowest BCUT2D eigenvalue weighted by atomic mass is 9.91. The fourth-order valence-electron chi connectivity index (χ4n) is 2.41. The Kier molecular flexibility index (Phi) is 4.66. The molecule has 0 saturated heterocycles. The van der Waals surface area contributed by atoms with E-state index in [2.05, 4.69) is 0 Å². The third-order valence-corrected chi connectivity index (χ3v) is 3.00. The van der Waals surface area contributed by atoms with Crippen molar-refractivity contribution in [2.45, 2.75) is 58.6 Å². The van der Waals surface area contributed by atoms with Crippen LogP contribution >= 0.6 is 0 Å². The predicted molar refractivity (Wildman–Crippen MR) is 61.0 cm³/mol. The van der Waals surface area contributed by atoms with Crippen LogP contribution in [0.3, 0.4) is 0 Å². The SMILES string of the molecule is CC(=O)OC1CCCCC1N(C(C)=O)C(C)=O. The highest BCUT2D eigenvalue weighted by Crippen LogP contribution is 2.26. The van der Waals surface area contributed by atoms with Crippen LogP contribution in [0.15, 0.2) is 0 Å². The van der Waals surface area contributed by atoms with Crippen LogP contribution in [0.5, 0.6) is 0 Å². The first-order valence-electron chi connectivity index (χ1n) is 5.91. The van der Waals surface area contributed by atoms with Gasteiger partial charge in [-0.25, -0.2) is 0 Å². The molecule has 1 fully saturated rings. The van der Waals surface area contributed by atoms with Crippen molar-refractivity contribution in [3.63, 3.8) is 0 Å². The lowest BCUT2D eigenvalue weighted by molar-refractivity contribution is -0.160. The van der Waals surface area contributed by atoms with E-state index in [9.17, 15) is 14.4 Å². The number of hydrogen-bond acceptors (Lipinski definition) is 4. The zero-order chi connectivity index (χ0) is 13.0. The number of carbonyl (C=O) groups is 3. The highest BCUT2D eigenvalue weighted by atomic mass is 16.5. The lowest BCUT2D eigenvalue weighted by Gasteiger charge is -2.37. The summed E-state index contributed by atoms with van der Waals surface area (Å²) >= 11 is 0. The van der Waals surface area contributed by atoms with Gasteiger partial charge in [0.1, 0.15) is 6.10 Å². The molecule has 1 aliphatic rings. The summed E-state index contributed by atoms with van der Waals surface area (Å²) in [5, 5.41) is 0. The van der Waals surface area contributed by atoms with E-state index in [1.165, 1.54) is 25.7 Å². The van der Waals surface area contributed by atoms with E-state index in [1.54, 1.807) is 0 Å². The van der Waals surface area contributed by atoms with Gasteiger partial charge in [0.05, 0.1) is 6.04 Å². The largest absolute Gasteiger partial charge is 0.460 e. The van der Waals surface area contributed by atoms with Crippen LogP contribution < -0.4 is 0 Å². The first-order valence-corrected chi connectivity index (χ1v) is 5.91. The molecule has 0 aromatic carbocycles. The van der Waals surface area contributed by atoms with Gasteiger partial charge in [0, 0.05) is 20.8 Å². The van der Waals surface area contributed by atoms with Gasteiger partial charge in [0.25, 0.3) is 0 Å². The second kappa shape index (κ2) is 5.80. The summed E-state index contributed by atoms with van der Waals surface area (Å²) in [7, 11) is 0. The van der Waals surface area contributed by atoms with E-state index in [0.717, 1.165) is 12.8 Å². The van der Waals surface area contributed by atoms with Gasteiger partial charge in [0.15, 0.2) is 0 Å². The Balaban J connectivity index is 2.84. The lowest BCUT2D eigenvalue weighted by Crippen LogP contribution is -2.51. The van der Waals surface area contributed by atoms with Gasteiger partial charge in [-0.05, 0) is 19.3 Å². The molecule has 0 spiro atoms. The molecule has 1 aliphatic carbocycles. The number of esters is 1. The summed E-state index contributed by atoms with van der Waals surface area (Å²) in [4.78, 5) is 35.2. The summed E-state index contributed by atoms with van der Waals surface area (Å²) in [5.74, 6) is -0.947. The Morgan fingerprint density at radius 3 is 2.00 bits per heavy atom. The molecule has 0 aromatic heterocycles. The summed E-state index contributed by atoms with van der Waals surface area (Å²) < 4.78 is 5.20. The van der Waals surface area contributed by atoms with Crippen LogP contribution in [0.2, 0.25) is 0 Å².